The van der Waals surface area contributed by atoms with Crippen LogP contribution in [-0.4, -0.2) is 11.7 Å². The molecule has 0 radical (unpaired) electrons. The Bertz CT molecular complexity index is 867. The second-order valence-corrected chi connectivity index (χ2v) is 6.74. The average molecular weight is 350 g/mol. The molecule has 0 unspecified atom stereocenters. The second-order valence-electron chi connectivity index (χ2n) is 6.74. The van der Waals surface area contributed by atoms with Crippen LogP contribution in [0.2, 0.25) is 0 Å². The Labute approximate surface area is 152 Å². The van der Waals surface area contributed by atoms with Crippen molar-refractivity contribution in [2.24, 2.45) is 0 Å². The van der Waals surface area contributed by atoms with Gasteiger partial charge in [-0.15, -0.1) is 0 Å². The van der Waals surface area contributed by atoms with Crippen molar-refractivity contribution >= 4 is 23.1 Å². The highest BCUT2D eigenvalue weighted by atomic mass is 16.3. The molecule has 0 fully saturated rings. The highest BCUT2D eigenvalue weighted by Crippen LogP contribution is 2.45. The number of hydrogen-bond donors (Lipinski definition) is 1. The van der Waals surface area contributed by atoms with Gasteiger partial charge in [0.2, 0.25) is 5.91 Å². The van der Waals surface area contributed by atoms with Gasteiger partial charge in [0.05, 0.1) is 17.6 Å². The first-order chi connectivity index (χ1) is 12.7. The number of nitrogens with zero attached hydrogens (tertiary/aromatic N) is 1. The lowest BCUT2D eigenvalue weighted by Crippen LogP contribution is -2.37. The van der Waals surface area contributed by atoms with E-state index < -0.39 is 6.04 Å². The fraction of sp³-hybridized carbons (Fsp3) is 0.333. The first-order valence-corrected chi connectivity index (χ1v) is 9.18. The predicted octanol–water partition coefficient (Wildman–Crippen LogP) is 4.59. The number of amides is 1. The third kappa shape index (κ3) is 2.73. The highest BCUT2D eigenvalue weighted by Gasteiger charge is 2.40. The Morgan fingerprint density at radius 2 is 2.08 bits per heavy atom. The molecule has 0 saturated carbocycles. The highest BCUT2D eigenvalue weighted by molar-refractivity contribution is 6.05. The summed E-state index contributed by atoms with van der Waals surface area (Å²) in [5.74, 6) is 0.702. The van der Waals surface area contributed by atoms with Gasteiger partial charge in [0.1, 0.15) is 11.8 Å². The summed E-state index contributed by atoms with van der Waals surface area (Å²) >= 11 is 0. The van der Waals surface area contributed by atoms with Gasteiger partial charge in [-0.05, 0) is 43.5 Å². The quantitative estimate of drug-likeness (QED) is 0.880. The Hall–Kier alpha value is -2.82. The summed E-state index contributed by atoms with van der Waals surface area (Å²) in [6.07, 6.45) is 4.88. The molecule has 1 aromatic carbocycles. The molecule has 1 aromatic heterocycles. The molecular weight excluding hydrogens is 328 g/mol. The predicted molar refractivity (Wildman–Crippen MR) is 99.8 cm³/mol. The van der Waals surface area contributed by atoms with E-state index in [0.717, 1.165) is 36.3 Å². The number of Topliss-reactive ketones (excluding diaryl/α,β-unsaturated/α-hetero) is 1. The van der Waals surface area contributed by atoms with E-state index in [0.29, 0.717) is 24.2 Å². The number of ketones is 1. The average Bonchev–Trinajstić information content (AvgIpc) is 3.11. The summed E-state index contributed by atoms with van der Waals surface area (Å²) < 4.78 is 5.69. The summed E-state index contributed by atoms with van der Waals surface area (Å²) in [5, 5.41) is 3.43. The smallest absolute Gasteiger partial charge is 0.228 e. The van der Waals surface area contributed by atoms with Crippen LogP contribution in [0.5, 0.6) is 0 Å². The van der Waals surface area contributed by atoms with Crippen LogP contribution in [0.4, 0.5) is 11.4 Å². The van der Waals surface area contributed by atoms with Crippen LogP contribution in [0, 0.1) is 0 Å². The number of furan rings is 1. The zero-order chi connectivity index (χ0) is 18.1. The van der Waals surface area contributed by atoms with Crippen LogP contribution in [0.15, 0.2) is 58.3 Å². The number of carbonyl (C=O) groups is 2. The van der Waals surface area contributed by atoms with Gasteiger partial charge >= 0.3 is 0 Å². The van der Waals surface area contributed by atoms with Crippen LogP contribution >= 0.6 is 0 Å². The van der Waals surface area contributed by atoms with Crippen LogP contribution in [0.1, 0.15) is 50.8 Å². The number of nitrogens with one attached hydrogen (secondary N) is 1. The van der Waals surface area contributed by atoms with Gasteiger partial charge in [0.25, 0.3) is 0 Å². The zero-order valence-electron chi connectivity index (χ0n) is 14.8. The molecule has 2 aliphatic rings. The molecule has 0 bridgehead atoms. The van der Waals surface area contributed by atoms with Crippen molar-refractivity contribution in [1.82, 2.24) is 0 Å². The molecule has 0 saturated heterocycles. The number of carbonyl (C=O) groups excluding carboxylic acids is 2. The third-order valence-corrected chi connectivity index (χ3v) is 4.98. The fourth-order valence-corrected chi connectivity index (χ4v) is 3.86. The van der Waals surface area contributed by atoms with Crippen molar-refractivity contribution < 1.29 is 14.0 Å². The van der Waals surface area contributed by atoms with Gasteiger partial charge in [-0.25, -0.2) is 0 Å². The maximum Gasteiger partial charge on any atom is 0.228 e. The minimum absolute atomic E-state index is 0.00438. The third-order valence-electron chi connectivity index (χ3n) is 4.98. The number of benzene rings is 1. The van der Waals surface area contributed by atoms with Crippen LogP contribution in [-0.2, 0) is 9.59 Å². The molecule has 1 atom stereocenters. The number of para-hydroxylation sites is 2. The summed E-state index contributed by atoms with van der Waals surface area (Å²) in [7, 11) is 0. The number of anilines is 2. The van der Waals surface area contributed by atoms with Crippen LogP contribution in [0.25, 0.3) is 0 Å². The van der Waals surface area contributed by atoms with Crippen molar-refractivity contribution in [1.29, 1.82) is 0 Å². The van der Waals surface area contributed by atoms with E-state index in [9.17, 15) is 9.59 Å². The zero-order valence-corrected chi connectivity index (χ0v) is 14.8. The summed E-state index contributed by atoms with van der Waals surface area (Å²) in [6, 6.07) is 10.9. The van der Waals surface area contributed by atoms with Crippen molar-refractivity contribution in [3.8, 4) is 0 Å². The molecular formula is C21H22N2O3. The summed E-state index contributed by atoms with van der Waals surface area (Å²) in [6.45, 7) is 1.98. The lowest BCUT2D eigenvalue weighted by molar-refractivity contribution is -0.119. The first-order valence-electron chi connectivity index (χ1n) is 9.18. The molecule has 2 aromatic rings. The van der Waals surface area contributed by atoms with Gasteiger partial charge < -0.3 is 9.73 Å². The van der Waals surface area contributed by atoms with Gasteiger partial charge in [0.15, 0.2) is 5.78 Å². The monoisotopic (exact) mass is 350 g/mol. The van der Waals surface area contributed by atoms with Crippen molar-refractivity contribution in [2.75, 3.05) is 10.2 Å². The van der Waals surface area contributed by atoms with E-state index in [1.807, 2.05) is 37.3 Å². The topological polar surface area (TPSA) is 62.6 Å². The number of allylic oxidation sites excluding steroid dienone is 1. The molecule has 1 aliphatic carbocycles. The van der Waals surface area contributed by atoms with E-state index in [1.54, 1.807) is 17.2 Å². The van der Waals surface area contributed by atoms with E-state index in [4.69, 9.17) is 4.42 Å². The lowest BCUT2D eigenvalue weighted by Gasteiger charge is -2.32. The first kappa shape index (κ1) is 16.6. The molecule has 1 amide bonds. The minimum Gasteiger partial charge on any atom is -0.467 e. The number of rotatable bonds is 3. The Kier molecular flexibility index (Phi) is 4.37. The standard InChI is InChI=1S/C21H22N2O3/c1-2-7-19(25)23-16-10-4-3-8-14(16)22-15-9-5-11-17(24)20(15)21(23)18-12-6-13-26-18/h3-4,6,8,10,12-13,21-22H,2,5,7,9,11H2,1H3/t21-/m0/s1. The fourth-order valence-electron chi connectivity index (χ4n) is 3.86. The van der Waals surface area contributed by atoms with Gasteiger partial charge in [0, 0.05) is 24.1 Å². The molecule has 26 heavy (non-hydrogen) atoms. The molecule has 5 heteroatoms. The van der Waals surface area contributed by atoms with E-state index >= 15 is 0 Å². The largest absolute Gasteiger partial charge is 0.467 e. The molecule has 4 rings (SSSR count). The SMILES string of the molecule is CCCC(=O)N1c2ccccc2NC2=C(C(=O)CCC2)[C@@H]1c1ccco1. The van der Waals surface area contributed by atoms with Gasteiger partial charge in [-0.1, -0.05) is 19.1 Å². The van der Waals surface area contributed by atoms with Crippen molar-refractivity contribution in [2.45, 2.75) is 45.1 Å². The molecule has 0 spiro atoms. The summed E-state index contributed by atoms with van der Waals surface area (Å²) in [5.41, 5.74) is 3.21. The van der Waals surface area contributed by atoms with E-state index in [-0.39, 0.29) is 11.7 Å². The number of fused-ring (bicyclic) bond motifs is 1. The normalized spacial score (nSPS) is 19.5. The minimum atomic E-state index is -0.525. The Morgan fingerprint density at radius 1 is 1.23 bits per heavy atom. The molecule has 1 aliphatic heterocycles. The van der Waals surface area contributed by atoms with E-state index in [1.165, 1.54) is 0 Å². The maximum atomic E-state index is 13.1. The van der Waals surface area contributed by atoms with Crippen molar-refractivity contribution in [3.05, 3.63) is 59.7 Å². The van der Waals surface area contributed by atoms with E-state index in [2.05, 4.69) is 5.32 Å². The summed E-state index contributed by atoms with van der Waals surface area (Å²) in [4.78, 5) is 27.8. The van der Waals surface area contributed by atoms with Crippen LogP contribution in [0.3, 0.4) is 0 Å². The maximum absolute atomic E-state index is 13.1. The lowest BCUT2D eigenvalue weighted by atomic mass is 9.88. The number of hydrogen-bond acceptors (Lipinski definition) is 4. The Balaban J connectivity index is 1.96. The molecule has 134 valence electrons. The van der Waals surface area contributed by atoms with Crippen molar-refractivity contribution in [3.63, 3.8) is 0 Å². The molecule has 5 nitrogen and oxygen atoms in total. The van der Waals surface area contributed by atoms with Gasteiger partial charge in [-0.3, -0.25) is 14.5 Å². The second kappa shape index (κ2) is 6.83. The molecule has 1 N–H and O–H groups in total. The Morgan fingerprint density at radius 3 is 2.85 bits per heavy atom. The molecule has 2 heterocycles. The van der Waals surface area contributed by atoms with Gasteiger partial charge in [-0.2, -0.15) is 0 Å². The van der Waals surface area contributed by atoms with Crippen LogP contribution < -0.4 is 10.2 Å².